The van der Waals surface area contributed by atoms with Gasteiger partial charge in [0.05, 0.1) is 18.7 Å². The zero-order valence-corrected chi connectivity index (χ0v) is 9.50. The molecule has 0 amide bonds. The van der Waals surface area contributed by atoms with Crippen molar-refractivity contribution in [3.63, 3.8) is 0 Å². The number of nitrogens with zero attached hydrogens (tertiary/aromatic N) is 1. The third kappa shape index (κ3) is 3.07. The van der Waals surface area contributed by atoms with E-state index in [4.69, 9.17) is 5.26 Å². The number of carbonyl (C=O) groups excluding carboxylic acids is 1. The number of alkyl halides is 2. The molecular weight excluding hydrogens is 252 g/mol. The number of rotatable bonds is 3. The van der Waals surface area contributed by atoms with E-state index in [2.05, 4.69) is 22.1 Å². The van der Waals surface area contributed by atoms with E-state index in [0.29, 0.717) is 0 Å². The molecule has 0 bridgehead atoms. The van der Waals surface area contributed by atoms with Crippen LogP contribution in [0.2, 0.25) is 0 Å². The lowest BCUT2D eigenvalue weighted by Crippen LogP contribution is -2.10. The first-order chi connectivity index (χ1) is 7.99. The van der Waals surface area contributed by atoms with Gasteiger partial charge in [0.25, 0.3) is 0 Å². The van der Waals surface area contributed by atoms with Gasteiger partial charge in [-0.3, -0.25) is 0 Å². The molecule has 1 rings (SSSR count). The highest BCUT2D eigenvalue weighted by Crippen LogP contribution is 2.30. The van der Waals surface area contributed by atoms with Gasteiger partial charge in [0.1, 0.15) is 5.56 Å². The molecule has 17 heavy (non-hydrogen) atoms. The summed E-state index contributed by atoms with van der Waals surface area (Å²) in [6, 6.07) is 4.08. The van der Waals surface area contributed by atoms with Gasteiger partial charge in [-0.1, -0.05) is 0 Å². The molecular formula is C10H7F2NO3S. The van der Waals surface area contributed by atoms with E-state index in [9.17, 15) is 13.6 Å². The Kier molecular flexibility index (Phi) is 4.29. The molecule has 0 N–H and O–H groups in total. The molecule has 0 aromatic heterocycles. The Balaban J connectivity index is 3.35. The van der Waals surface area contributed by atoms with E-state index in [-0.39, 0.29) is 16.0 Å². The van der Waals surface area contributed by atoms with E-state index in [0.717, 1.165) is 13.2 Å². The Morgan fingerprint density at radius 1 is 1.53 bits per heavy atom. The molecule has 0 saturated carbocycles. The highest BCUT2D eigenvalue weighted by Gasteiger charge is 2.20. The average molecular weight is 259 g/mol. The van der Waals surface area contributed by atoms with Crippen LogP contribution in [0.3, 0.4) is 0 Å². The van der Waals surface area contributed by atoms with Crippen molar-refractivity contribution >= 4 is 18.6 Å². The van der Waals surface area contributed by atoms with Crippen molar-refractivity contribution in [3.05, 3.63) is 23.3 Å². The highest BCUT2D eigenvalue weighted by atomic mass is 32.1. The smallest absolute Gasteiger partial charge is 0.387 e. The van der Waals surface area contributed by atoms with Gasteiger partial charge in [0.15, 0.2) is 5.75 Å². The number of thiol groups is 1. The van der Waals surface area contributed by atoms with Gasteiger partial charge in [-0.05, 0) is 12.1 Å². The Morgan fingerprint density at radius 2 is 2.18 bits per heavy atom. The van der Waals surface area contributed by atoms with Crippen LogP contribution in [0.25, 0.3) is 0 Å². The summed E-state index contributed by atoms with van der Waals surface area (Å²) in [6.45, 7) is -3.10. The number of nitriles is 1. The van der Waals surface area contributed by atoms with Gasteiger partial charge in [-0.15, -0.1) is 12.6 Å². The Labute approximate surface area is 101 Å². The molecule has 7 heteroatoms. The van der Waals surface area contributed by atoms with Gasteiger partial charge < -0.3 is 9.47 Å². The fourth-order valence-corrected chi connectivity index (χ4v) is 1.46. The first kappa shape index (κ1) is 13.3. The first-order valence-corrected chi connectivity index (χ1v) is 4.74. The third-order valence-corrected chi connectivity index (χ3v) is 2.14. The monoisotopic (exact) mass is 259 g/mol. The van der Waals surface area contributed by atoms with Crippen molar-refractivity contribution in [2.24, 2.45) is 0 Å². The molecule has 0 unspecified atom stereocenters. The van der Waals surface area contributed by atoms with E-state index in [1.807, 2.05) is 0 Å². The van der Waals surface area contributed by atoms with Gasteiger partial charge in [-0.2, -0.15) is 14.0 Å². The molecule has 0 saturated heterocycles. The summed E-state index contributed by atoms with van der Waals surface area (Å²) < 4.78 is 32.9. The van der Waals surface area contributed by atoms with Crippen LogP contribution in [0.15, 0.2) is 17.0 Å². The number of esters is 1. The second kappa shape index (κ2) is 5.50. The molecule has 0 radical (unpaired) electrons. The topological polar surface area (TPSA) is 59.3 Å². The molecule has 0 aliphatic heterocycles. The SMILES string of the molecule is COC(=O)c1cc(C#N)cc(S)c1OC(F)F. The fraction of sp³-hybridized carbons (Fsp3) is 0.200. The molecule has 0 atom stereocenters. The number of hydrogen-bond donors (Lipinski definition) is 1. The molecule has 90 valence electrons. The van der Waals surface area contributed by atoms with E-state index in [1.165, 1.54) is 6.07 Å². The Morgan fingerprint density at radius 3 is 2.65 bits per heavy atom. The summed E-state index contributed by atoms with van der Waals surface area (Å²) >= 11 is 3.88. The van der Waals surface area contributed by atoms with Crippen LogP contribution in [-0.4, -0.2) is 19.7 Å². The first-order valence-electron chi connectivity index (χ1n) is 4.29. The van der Waals surface area contributed by atoms with Crippen molar-refractivity contribution in [2.45, 2.75) is 11.5 Å². The Hall–Kier alpha value is -1.81. The minimum atomic E-state index is -3.10. The lowest BCUT2D eigenvalue weighted by atomic mass is 10.1. The summed E-state index contributed by atoms with van der Waals surface area (Å²) in [5, 5.41) is 8.69. The zero-order valence-electron chi connectivity index (χ0n) is 8.61. The largest absolute Gasteiger partial charge is 0.465 e. The van der Waals surface area contributed by atoms with Crippen LogP contribution in [0, 0.1) is 11.3 Å². The van der Waals surface area contributed by atoms with Gasteiger partial charge in [0.2, 0.25) is 0 Å². The normalized spacial score (nSPS) is 9.88. The summed E-state index contributed by atoms with van der Waals surface area (Å²) in [5.74, 6) is -1.29. The van der Waals surface area contributed by atoms with Crippen LogP contribution < -0.4 is 4.74 Å². The van der Waals surface area contributed by atoms with Crippen molar-refractivity contribution in [2.75, 3.05) is 7.11 Å². The van der Waals surface area contributed by atoms with E-state index >= 15 is 0 Å². The molecule has 1 aromatic rings. The van der Waals surface area contributed by atoms with E-state index < -0.39 is 18.3 Å². The lowest BCUT2D eigenvalue weighted by molar-refractivity contribution is -0.0522. The van der Waals surface area contributed by atoms with Crippen LogP contribution in [0.1, 0.15) is 15.9 Å². The van der Waals surface area contributed by atoms with Gasteiger partial charge in [-0.25, -0.2) is 4.79 Å². The number of halogens is 2. The summed E-state index contributed by atoms with van der Waals surface area (Å²) in [4.78, 5) is 11.3. The predicted octanol–water partition coefficient (Wildman–Crippen LogP) is 2.23. The van der Waals surface area contributed by atoms with Crippen molar-refractivity contribution in [1.29, 1.82) is 5.26 Å². The maximum absolute atomic E-state index is 12.2. The van der Waals surface area contributed by atoms with Crippen LogP contribution >= 0.6 is 12.6 Å². The molecule has 0 heterocycles. The van der Waals surface area contributed by atoms with Crippen LogP contribution in [-0.2, 0) is 4.74 Å². The molecule has 1 aromatic carbocycles. The maximum atomic E-state index is 12.2. The second-order valence-corrected chi connectivity index (χ2v) is 3.34. The summed E-state index contributed by atoms with van der Waals surface area (Å²) in [5.41, 5.74) is -0.172. The van der Waals surface area contributed by atoms with E-state index in [1.54, 1.807) is 6.07 Å². The number of ether oxygens (including phenoxy) is 2. The van der Waals surface area contributed by atoms with Crippen molar-refractivity contribution < 1.29 is 23.0 Å². The lowest BCUT2D eigenvalue weighted by Gasteiger charge is -2.11. The number of hydrogen-bond acceptors (Lipinski definition) is 5. The Bertz CT molecular complexity index is 485. The molecule has 4 nitrogen and oxygen atoms in total. The van der Waals surface area contributed by atoms with Crippen molar-refractivity contribution in [1.82, 2.24) is 0 Å². The molecule has 0 fully saturated rings. The minimum Gasteiger partial charge on any atom is -0.465 e. The molecule has 0 aliphatic rings. The standard InChI is InChI=1S/C10H7F2NO3S/c1-15-9(14)6-2-5(4-13)3-7(17)8(6)16-10(11)12/h2-3,10,17H,1H3. The number of benzene rings is 1. The second-order valence-electron chi connectivity index (χ2n) is 2.85. The average Bonchev–Trinajstić information content (AvgIpc) is 2.29. The van der Waals surface area contributed by atoms with Crippen LogP contribution in [0.4, 0.5) is 8.78 Å². The van der Waals surface area contributed by atoms with Gasteiger partial charge >= 0.3 is 12.6 Å². The maximum Gasteiger partial charge on any atom is 0.387 e. The fourth-order valence-electron chi connectivity index (χ4n) is 1.15. The molecule has 0 spiro atoms. The molecule has 0 aliphatic carbocycles. The number of methoxy groups -OCH3 is 1. The summed E-state index contributed by atoms with van der Waals surface area (Å²) in [6.07, 6.45) is 0. The van der Waals surface area contributed by atoms with Crippen molar-refractivity contribution in [3.8, 4) is 11.8 Å². The minimum absolute atomic E-state index is 0.0373. The van der Waals surface area contributed by atoms with Gasteiger partial charge in [0, 0.05) is 4.90 Å². The number of carbonyl (C=O) groups is 1. The zero-order chi connectivity index (χ0) is 13.0. The van der Waals surface area contributed by atoms with Crippen LogP contribution in [0.5, 0.6) is 5.75 Å². The quantitative estimate of drug-likeness (QED) is 0.668. The summed E-state index contributed by atoms with van der Waals surface area (Å²) in [7, 11) is 1.09. The predicted molar refractivity (Wildman–Crippen MR) is 56.4 cm³/mol. The highest BCUT2D eigenvalue weighted by molar-refractivity contribution is 7.80. The third-order valence-electron chi connectivity index (χ3n) is 1.81.